The molecule has 0 aromatic heterocycles. The molecule has 1 atom stereocenters. The largest absolute Gasteiger partial charge is 0.369 e. The summed E-state index contributed by atoms with van der Waals surface area (Å²) in [7, 11) is 0. The third-order valence-corrected chi connectivity index (χ3v) is 6.25. The van der Waals surface area contributed by atoms with Gasteiger partial charge in [0.15, 0.2) is 0 Å². The van der Waals surface area contributed by atoms with E-state index < -0.39 is 23.7 Å². The Morgan fingerprint density at radius 1 is 1.07 bits per heavy atom. The van der Waals surface area contributed by atoms with Crippen molar-refractivity contribution < 1.29 is 18.8 Å². The minimum Gasteiger partial charge on any atom is -0.369 e. The molecule has 1 unspecified atom stereocenters. The van der Waals surface area contributed by atoms with Crippen LogP contribution in [-0.4, -0.2) is 74.0 Å². The Balaban J connectivity index is 1.34. The van der Waals surface area contributed by atoms with E-state index >= 15 is 0 Å². The van der Waals surface area contributed by atoms with Crippen molar-refractivity contribution in [2.75, 3.05) is 44.2 Å². The lowest BCUT2D eigenvalue weighted by molar-refractivity contribution is -0.134. The summed E-state index contributed by atoms with van der Waals surface area (Å²) in [6, 6.07) is 4.41. The molecule has 1 aromatic rings. The van der Waals surface area contributed by atoms with E-state index in [0.717, 1.165) is 45.0 Å². The first-order chi connectivity index (χ1) is 14.5. The molecule has 162 valence electrons. The summed E-state index contributed by atoms with van der Waals surface area (Å²) >= 11 is 0. The number of amides is 3. The highest BCUT2D eigenvalue weighted by Gasteiger charge is 2.29. The minimum absolute atomic E-state index is 0.100. The van der Waals surface area contributed by atoms with Crippen molar-refractivity contribution in [2.24, 2.45) is 0 Å². The lowest BCUT2D eigenvalue weighted by Gasteiger charge is -2.41. The van der Waals surface area contributed by atoms with Crippen molar-refractivity contribution in [3.05, 3.63) is 29.6 Å². The molecule has 3 aliphatic heterocycles. The Morgan fingerprint density at radius 3 is 2.47 bits per heavy atom. The molecule has 0 aliphatic carbocycles. The van der Waals surface area contributed by atoms with Gasteiger partial charge in [0, 0.05) is 44.3 Å². The van der Waals surface area contributed by atoms with Crippen LogP contribution in [0.1, 0.15) is 36.0 Å². The molecule has 3 N–H and O–H groups in total. The van der Waals surface area contributed by atoms with Crippen molar-refractivity contribution >= 4 is 23.4 Å². The first-order valence-electron chi connectivity index (χ1n) is 10.6. The smallest absolute Gasteiger partial charge is 0.254 e. The number of carbonyl (C=O) groups excluding carboxylic acids is 3. The molecule has 1 aromatic carbocycles. The van der Waals surface area contributed by atoms with Gasteiger partial charge in [0.25, 0.3) is 5.91 Å². The summed E-state index contributed by atoms with van der Waals surface area (Å²) in [6.07, 6.45) is 2.72. The molecule has 8 nitrogen and oxygen atoms in total. The maximum Gasteiger partial charge on any atom is 0.254 e. The number of nitrogens with one attached hydrogen (secondary N) is 3. The van der Waals surface area contributed by atoms with Crippen molar-refractivity contribution in [3.63, 3.8) is 0 Å². The summed E-state index contributed by atoms with van der Waals surface area (Å²) in [5.74, 6) is -2.17. The van der Waals surface area contributed by atoms with Crippen LogP contribution in [0, 0.1) is 5.82 Å². The molecule has 9 heteroatoms. The first-order valence-corrected chi connectivity index (χ1v) is 10.6. The van der Waals surface area contributed by atoms with Crippen LogP contribution in [0.4, 0.5) is 10.1 Å². The number of nitrogens with zero attached hydrogens (tertiary/aromatic N) is 2. The Morgan fingerprint density at radius 2 is 1.80 bits per heavy atom. The van der Waals surface area contributed by atoms with Crippen LogP contribution in [0.3, 0.4) is 0 Å². The van der Waals surface area contributed by atoms with E-state index in [0.29, 0.717) is 6.04 Å². The summed E-state index contributed by atoms with van der Waals surface area (Å²) in [6.45, 7) is 5.68. The van der Waals surface area contributed by atoms with Crippen LogP contribution in [0.2, 0.25) is 0 Å². The quantitative estimate of drug-likeness (QED) is 0.608. The molecule has 30 heavy (non-hydrogen) atoms. The fraction of sp³-hybridized carbons (Fsp3) is 0.571. The van der Waals surface area contributed by atoms with Gasteiger partial charge in [-0.25, -0.2) is 4.39 Å². The number of piperidine rings is 2. The van der Waals surface area contributed by atoms with Gasteiger partial charge in [0.2, 0.25) is 11.8 Å². The van der Waals surface area contributed by atoms with E-state index in [1.165, 1.54) is 25.0 Å². The van der Waals surface area contributed by atoms with Gasteiger partial charge in [0.1, 0.15) is 11.9 Å². The number of piperazine rings is 1. The number of halogens is 1. The third kappa shape index (κ3) is 4.62. The second-order valence-corrected chi connectivity index (χ2v) is 8.15. The second kappa shape index (κ2) is 9.09. The van der Waals surface area contributed by atoms with E-state index in [9.17, 15) is 18.8 Å². The van der Waals surface area contributed by atoms with Crippen LogP contribution in [0.25, 0.3) is 0 Å². The zero-order chi connectivity index (χ0) is 21.1. The van der Waals surface area contributed by atoms with E-state index in [2.05, 4.69) is 25.8 Å². The predicted molar refractivity (Wildman–Crippen MR) is 110 cm³/mol. The molecule has 0 bridgehead atoms. The first kappa shape index (κ1) is 20.7. The minimum atomic E-state index is -0.822. The van der Waals surface area contributed by atoms with Crippen LogP contribution in [0.5, 0.6) is 0 Å². The summed E-state index contributed by atoms with van der Waals surface area (Å²) in [5.41, 5.74) is 0.659. The number of hydrogen-bond acceptors (Lipinski definition) is 6. The highest BCUT2D eigenvalue weighted by molar-refractivity contribution is 6.03. The SMILES string of the molecule is O=C1CCC(NC(=O)c2ccc(N3CCN(C4CCNCC4)CC3)cc2F)C(=O)N1. The maximum atomic E-state index is 14.7. The summed E-state index contributed by atoms with van der Waals surface area (Å²) < 4.78 is 14.7. The Kier molecular flexibility index (Phi) is 6.29. The number of carbonyl (C=O) groups is 3. The number of benzene rings is 1. The predicted octanol–water partition coefficient (Wildman–Crippen LogP) is 0.235. The average Bonchev–Trinajstić information content (AvgIpc) is 2.76. The maximum absolute atomic E-state index is 14.7. The highest BCUT2D eigenvalue weighted by atomic mass is 19.1. The zero-order valence-electron chi connectivity index (χ0n) is 17.0. The number of rotatable bonds is 4. The topological polar surface area (TPSA) is 93.8 Å². The lowest BCUT2D eigenvalue weighted by Crippen LogP contribution is -2.53. The standard InChI is InChI=1S/C21H28FN5O3/c22-17-13-15(27-11-9-26(10-12-27)14-5-7-23-8-6-14)1-2-16(17)20(29)24-18-3-4-19(28)25-21(18)30/h1-2,13-14,18,23H,3-12H2,(H,24,29)(H,25,28,30). The van der Waals surface area contributed by atoms with Crippen molar-refractivity contribution in [1.82, 2.24) is 20.9 Å². The molecule has 0 radical (unpaired) electrons. The van der Waals surface area contributed by atoms with Gasteiger partial charge in [-0.1, -0.05) is 0 Å². The fourth-order valence-corrected chi connectivity index (χ4v) is 4.47. The molecule has 0 spiro atoms. The number of imide groups is 1. The zero-order valence-corrected chi connectivity index (χ0v) is 17.0. The highest BCUT2D eigenvalue weighted by Crippen LogP contribution is 2.22. The summed E-state index contributed by atoms with van der Waals surface area (Å²) in [4.78, 5) is 40.1. The van der Waals surface area contributed by atoms with Crippen LogP contribution < -0.4 is 20.9 Å². The molecular weight excluding hydrogens is 389 g/mol. The molecule has 3 heterocycles. The van der Waals surface area contributed by atoms with Gasteiger partial charge in [-0.05, 0) is 50.6 Å². The van der Waals surface area contributed by atoms with Crippen molar-refractivity contribution in [1.29, 1.82) is 0 Å². The Labute approximate surface area is 175 Å². The van der Waals surface area contributed by atoms with Gasteiger partial charge >= 0.3 is 0 Å². The lowest BCUT2D eigenvalue weighted by atomic mass is 10.0. The third-order valence-electron chi connectivity index (χ3n) is 6.25. The Hall–Kier alpha value is -2.52. The average molecular weight is 417 g/mol. The molecule has 4 rings (SSSR count). The monoisotopic (exact) mass is 417 g/mol. The summed E-state index contributed by atoms with van der Waals surface area (Å²) in [5, 5.41) is 8.09. The van der Waals surface area contributed by atoms with Crippen LogP contribution in [0.15, 0.2) is 18.2 Å². The molecule has 3 amide bonds. The Bertz CT molecular complexity index is 819. The van der Waals surface area contributed by atoms with Gasteiger partial charge in [-0.15, -0.1) is 0 Å². The van der Waals surface area contributed by atoms with E-state index in [1.54, 1.807) is 6.07 Å². The second-order valence-electron chi connectivity index (χ2n) is 8.15. The molecule has 3 aliphatic rings. The van der Waals surface area contributed by atoms with E-state index in [4.69, 9.17) is 0 Å². The van der Waals surface area contributed by atoms with Crippen LogP contribution >= 0.6 is 0 Å². The number of anilines is 1. The van der Waals surface area contributed by atoms with Crippen LogP contribution in [-0.2, 0) is 9.59 Å². The normalized spacial score (nSPS) is 23.9. The van der Waals surface area contributed by atoms with Crippen molar-refractivity contribution in [2.45, 2.75) is 37.8 Å². The van der Waals surface area contributed by atoms with E-state index in [-0.39, 0.29) is 24.3 Å². The number of hydrogen-bond donors (Lipinski definition) is 3. The molecule has 3 saturated heterocycles. The molecular formula is C21H28FN5O3. The molecule has 3 fully saturated rings. The van der Waals surface area contributed by atoms with Crippen molar-refractivity contribution in [3.8, 4) is 0 Å². The van der Waals surface area contributed by atoms with E-state index in [1.807, 2.05) is 0 Å². The molecule has 0 saturated carbocycles. The van der Waals surface area contributed by atoms with Gasteiger partial charge in [-0.2, -0.15) is 0 Å². The van der Waals surface area contributed by atoms with Gasteiger partial charge in [-0.3, -0.25) is 24.6 Å². The fourth-order valence-electron chi connectivity index (χ4n) is 4.47. The van der Waals surface area contributed by atoms with Gasteiger partial charge < -0.3 is 15.5 Å². The van der Waals surface area contributed by atoms with Gasteiger partial charge in [0.05, 0.1) is 5.56 Å².